The molecule has 1 unspecified atom stereocenters. The monoisotopic (exact) mass is 503 g/mol. The van der Waals surface area contributed by atoms with Crippen LogP contribution in [-0.2, 0) is 4.74 Å². The number of rotatable bonds is 13. The van der Waals surface area contributed by atoms with Crippen LogP contribution in [0.1, 0.15) is 10.4 Å². The molecule has 3 aromatic rings. The number of aliphatic hydroxyl groups is 2. The highest BCUT2D eigenvalue weighted by molar-refractivity contribution is 6.31. The summed E-state index contributed by atoms with van der Waals surface area (Å²) >= 11 is 6.24. The molecule has 0 aliphatic carbocycles. The van der Waals surface area contributed by atoms with Gasteiger partial charge in [-0.05, 0) is 42.5 Å². The highest BCUT2D eigenvalue weighted by Crippen LogP contribution is 2.26. The van der Waals surface area contributed by atoms with E-state index in [-0.39, 0.29) is 31.0 Å². The van der Waals surface area contributed by atoms with E-state index in [1.807, 2.05) is 12.1 Å². The summed E-state index contributed by atoms with van der Waals surface area (Å²) in [5.74, 6) is -0.672. The lowest BCUT2D eigenvalue weighted by molar-refractivity contribution is 0.00841. The van der Waals surface area contributed by atoms with Gasteiger partial charge in [-0.25, -0.2) is 4.39 Å². The average molecular weight is 504 g/mol. The van der Waals surface area contributed by atoms with Gasteiger partial charge in [0, 0.05) is 41.8 Å². The van der Waals surface area contributed by atoms with Crippen molar-refractivity contribution in [1.82, 2.24) is 4.98 Å². The highest BCUT2D eigenvalue weighted by Gasteiger charge is 2.22. The number of nitrogens with one attached hydrogen (secondary N) is 1. The molecule has 3 N–H and O–H groups in total. The predicted molar refractivity (Wildman–Crippen MR) is 132 cm³/mol. The van der Waals surface area contributed by atoms with Crippen molar-refractivity contribution in [1.29, 1.82) is 0 Å². The van der Waals surface area contributed by atoms with Gasteiger partial charge in [-0.2, -0.15) is 0 Å². The summed E-state index contributed by atoms with van der Waals surface area (Å²) in [4.78, 5) is 18.6. The molecule has 0 saturated heterocycles. The minimum Gasteiger partial charge on any atom is -0.492 e. The van der Waals surface area contributed by atoms with Crippen molar-refractivity contribution >= 4 is 28.9 Å². The largest absolute Gasteiger partial charge is 0.492 e. The molecule has 1 amide bonds. The second-order valence-corrected chi connectivity index (χ2v) is 7.94. The third-order valence-corrected chi connectivity index (χ3v) is 5.09. The summed E-state index contributed by atoms with van der Waals surface area (Å²) in [6, 6.07) is 14.2. The normalized spacial score (nSPS) is 11.7. The molecule has 3 rings (SSSR count). The lowest BCUT2D eigenvalue weighted by Gasteiger charge is -2.24. The second-order valence-electron chi connectivity index (χ2n) is 7.51. The van der Waals surface area contributed by atoms with Crippen molar-refractivity contribution in [2.45, 2.75) is 6.10 Å². The number of para-hydroxylation sites is 1. The molecule has 1 aromatic heterocycles. The molecule has 0 spiro atoms. The second kappa shape index (κ2) is 13.6. The zero-order valence-electron chi connectivity index (χ0n) is 18.9. The van der Waals surface area contributed by atoms with E-state index >= 15 is 0 Å². The Hall–Kier alpha value is -3.24. The van der Waals surface area contributed by atoms with E-state index in [0.717, 1.165) is 5.69 Å². The Bertz CT molecular complexity index is 1090. The van der Waals surface area contributed by atoms with Crippen LogP contribution in [0.4, 0.5) is 15.8 Å². The van der Waals surface area contributed by atoms with E-state index in [1.165, 1.54) is 29.2 Å². The average Bonchev–Trinajstić information content (AvgIpc) is 2.87. The van der Waals surface area contributed by atoms with Crippen LogP contribution in [0, 0.1) is 5.82 Å². The van der Waals surface area contributed by atoms with Crippen LogP contribution in [-0.4, -0.2) is 66.7 Å². The van der Waals surface area contributed by atoms with Crippen LogP contribution in [0.5, 0.6) is 5.75 Å². The quantitative estimate of drug-likeness (QED) is 0.307. The summed E-state index contributed by atoms with van der Waals surface area (Å²) in [5.41, 5.74) is 1.20. The van der Waals surface area contributed by atoms with Crippen LogP contribution in [0.2, 0.25) is 5.02 Å². The number of carbonyl (C=O) groups is 1. The molecule has 0 radical (unpaired) electrons. The molecule has 0 aliphatic heterocycles. The van der Waals surface area contributed by atoms with E-state index < -0.39 is 24.4 Å². The SMILES string of the molecule is O=C(c1cc(Cl)cc(OCCNc2ccncc2)c1)N(CCOCC(O)CO)c1ccccc1F. The van der Waals surface area contributed by atoms with Crippen LogP contribution >= 0.6 is 11.6 Å². The molecule has 0 bridgehead atoms. The third-order valence-electron chi connectivity index (χ3n) is 4.87. The smallest absolute Gasteiger partial charge is 0.258 e. The van der Waals surface area contributed by atoms with Gasteiger partial charge in [0.2, 0.25) is 0 Å². The Labute approximate surface area is 207 Å². The van der Waals surface area contributed by atoms with Crippen molar-refractivity contribution in [2.75, 3.05) is 49.7 Å². The maximum atomic E-state index is 14.5. The predicted octanol–water partition coefficient (Wildman–Crippen LogP) is 3.38. The molecule has 0 saturated carbocycles. The molecule has 2 aromatic carbocycles. The molecule has 10 heteroatoms. The zero-order chi connectivity index (χ0) is 25.0. The van der Waals surface area contributed by atoms with Gasteiger partial charge >= 0.3 is 0 Å². The number of ether oxygens (including phenoxy) is 2. The first kappa shape index (κ1) is 26.4. The van der Waals surface area contributed by atoms with E-state index in [1.54, 1.807) is 30.6 Å². The number of benzene rings is 2. The topological polar surface area (TPSA) is 104 Å². The fraction of sp³-hybridized carbons (Fsp3) is 0.280. The molecular formula is C25H27ClFN3O5. The molecular weight excluding hydrogens is 477 g/mol. The Morgan fingerprint density at radius 2 is 1.91 bits per heavy atom. The van der Waals surface area contributed by atoms with E-state index in [0.29, 0.717) is 23.9 Å². The van der Waals surface area contributed by atoms with Gasteiger partial charge in [-0.3, -0.25) is 9.78 Å². The van der Waals surface area contributed by atoms with Crippen molar-refractivity contribution in [3.8, 4) is 5.75 Å². The number of carbonyl (C=O) groups excluding carboxylic acids is 1. The number of hydrogen-bond acceptors (Lipinski definition) is 7. The Morgan fingerprint density at radius 3 is 2.66 bits per heavy atom. The Balaban J connectivity index is 1.69. The number of hydrogen-bond donors (Lipinski definition) is 3. The lowest BCUT2D eigenvalue weighted by atomic mass is 10.1. The fourth-order valence-corrected chi connectivity index (χ4v) is 3.41. The number of nitrogens with zero attached hydrogens (tertiary/aromatic N) is 2. The van der Waals surface area contributed by atoms with Gasteiger partial charge in [0.25, 0.3) is 5.91 Å². The lowest BCUT2D eigenvalue weighted by Crippen LogP contribution is -2.35. The molecule has 186 valence electrons. The first-order valence-corrected chi connectivity index (χ1v) is 11.4. The highest BCUT2D eigenvalue weighted by atomic mass is 35.5. The van der Waals surface area contributed by atoms with Crippen LogP contribution in [0.3, 0.4) is 0 Å². The van der Waals surface area contributed by atoms with Gasteiger partial charge in [0.15, 0.2) is 0 Å². The molecule has 1 heterocycles. The summed E-state index contributed by atoms with van der Waals surface area (Å²) in [5, 5.41) is 21.8. The fourth-order valence-electron chi connectivity index (χ4n) is 3.19. The van der Waals surface area contributed by atoms with E-state index in [4.69, 9.17) is 26.2 Å². The number of halogens is 2. The Morgan fingerprint density at radius 1 is 1.14 bits per heavy atom. The molecule has 8 nitrogen and oxygen atoms in total. The number of amides is 1. The van der Waals surface area contributed by atoms with E-state index in [2.05, 4.69) is 10.3 Å². The minimum absolute atomic E-state index is 0.0104. The van der Waals surface area contributed by atoms with Crippen molar-refractivity contribution in [3.63, 3.8) is 0 Å². The maximum absolute atomic E-state index is 14.5. The van der Waals surface area contributed by atoms with E-state index in [9.17, 15) is 14.3 Å². The summed E-state index contributed by atoms with van der Waals surface area (Å²) in [6.45, 7) is 0.294. The van der Waals surface area contributed by atoms with Crippen molar-refractivity contribution in [2.24, 2.45) is 0 Å². The summed E-state index contributed by atoms with van der Waals surface area (Å²) in [7, 11) is 0. The van der Waals surface area contributed by atoms with Gasteiger partial charge in [0.1, 0.15) is 24.3 Å². The number of aliphatic hydroxyl groups excluding tert-OH is 2. The third kappa shape index (κ3) is 8.18. The van der Waals surface area contributed by atoms with Gasteiger partial charge < -0.3 is 29.9 Å². The van der Waals surface area contributed by atoms with Crippen LogP contribution < -0.4 is 15.0 Å². The first-order valence-electron chi connectivity index (χ1n) is 11.0. The molecule has 35 heavy (non-hydrogen) atoms. The minimum atomic E-state index is -1.03. The van der Waals surface area contributed by atoms with Gasteiger partial charge in [-0.1, -0.05) is 23.7 Å². The maximum Gasteiger partial charge on any atom is 0.258 e. The summed E-state index contributed by atoms with van der Waals surface area (Å²) in [6.07, 6.45) is 2.33. The van der Waals surface area contributed by atoms with Crippen LogP contribution in [0.15, 0.2) is 67.0 Å². The summed E-state index contributed by atoms with van der Waals surface area (Å²) < 4.78 is 25.6. The first-order chi connectivity index (χ1) is 17.0. The van der Waals surface area contributed by atoms with Crippen LogP contribution in [0.25, 0.3) is 0 Å². The van der Waals surface area contributed by atoms with Crippen molar-refractivity contribution < 1.29 is 28.9 Å². The number of aromatic nitrogens is 1. The number of anilines is 2. The standard InChI is InChI=1S/C25H27ClFN3O5/c26-19-13-18(14-22(15-19)35-11-9-29-20-5-7-28-8-6-20)25(33)30(10-12-34-17-21(32)16-31)24-4-2-1-3-23(24)27/h1-8,13-15,21,31-32H,9-12,16-17H2,(H,28,29). The van der Waals surface area contributed by atoms with Crippen molar-refractivity contribution in [3.05, 3.63) is 83.4 Å². The van der Waals surface area contributed by atoms with Gasteiger partial charge in [-0.15, -0.1) is 0 Å². The molecule has 1 atom stereocenters. The Kier molecular flexibility index (Phi) is 10.2. The molecule has 0 aliphatic rings. The van der Waals surface area contributed by atoms with Gasteiger partial charge in [0.05, 0.1) is 25.5 Å². The zero-order valence-corrected chi connectivity index (χ0v) is 19.7. The molecule has 0 fully saturated rings. The number of pyridine rings is 1.